The molecule has 0 aromatic heterocycles. The second kappa shape index (κ2) is 11.8. The summed E-state index contributed by atoms with van der Waals surface area (Å²) in [5.41, 5.74) is 8.74. The van der Waals surface area contributed by atoms with E-state index in [2.05, 4.69) is 29.4 Å². The molecule has 10 nitrogen and oxygen atoms in total. The average molecular weight is 533 g/mol. The molecule has 1 saturated carbocycles. The van der Waals surface area contributed by atoms with E-state index in [1.165, 1.54) is 6.26 Å². The van der Waals surface area contributed by atoms with Gasteiger partial charge >= 0.3 is 0 Å². The van der Waals surface area contributed by atoms with Crippen molar-refractivity contribution in [2.75, 3.05) is 26.0 Å². The van der Waals surface area contributed by atoms with E-state index in [0.29, 0.717) is 68.6 Å². The fraction of sp³-hybridized carbons (Fsp3) is 0.615. The molecule has 3 unspecified atom stereocenters. The number of rotatable bonds is 10. The van der Waals surface area contributed by atoms with E-state index < -0.39 is 16.2 Å². The first-order valence-electron chi connectivity index (χ1n) is 13.2. The third-order valence-electron chi connectivity index (χ3n) is 7.45. The van der Waals surface area contributed by atoms with Gasteiger partial charge in [0.1, 0.15) is 5.82 Å². The summed E-state index contributed by atoms with van der Waals surface area (Å²) < 4.78 is 32.4. The minimum atomic E-state index is -3.33. The Kier molecular flexibility index (Phi) is 8.76. The Labute approximate surface area is 220 Å². The zero-order valence-corrected chi connectivity index (χ0v) is 22.9. The highest BCUT2D eigenvalue weighted by atomic mass is 32.2. The summed E-state index contributed by atoms with van der Waals surface area (Å²) in [7, 11) is -3.33. The molecule has 3 atom stereocenters. The molecular weight excluding hydrogens is 492 g/mol. The quantitative estimate of drug-likeness (QED) is 0.393. The lowest BCUT2D eigenvalue weighted by molar-refractivity contribution is -0.120. The second-order valence-electron chi connectivity index (χ2n) is 10.4. The molecule has 11 heteroatoms. The van der Waals surface area contributed by atoms with E-state index in [0.717, 1.165) is 36.8 Å². The summed E-state index contributed by atoms with van der Waals surface area (Å²) in [6.45, 7) is 6.73. The molecule has 4 N–H and O–H groups in total. The first kappa shape index (κ1) is 27.4. The van der Waals surface area contributed by atoms with Gasteiger partial charge in [0.15, 0.2) is 6.17 Å². The van der Waals surface area contributed by atoms with Crippen LogP contribution in [0.3, 0.4) is 0 Å². The molecule has 204 valence electrons. The van der Waals surface area contributed by atoms with Gasteiger partial charge in [0.05, 0.1) is 18.6 Å². The number of nitrogens with two attached hydrogens (primary N) is 1. The van der Waals surface area contributed by atoms with Crippen molar-refractivity contribution < 1.29 is 17.9 Å². The van der Waals surface area contributed by atoms with Crippen molar-refractivity contribution in [3.05, 3.63) is 46.9 Å². The summed E-state index contributed by atoms with van der Waals surface area (Å²) in [5.74, 6) is 1.20. The van der Waals surface area contributed by atoms with Crippen molar-refractivity contribution in [2.24, 2.45) is 22.6 Å². The first-order chi connectivity index (χ1) is 17.6. The van der Waals surface area contributed by atoms with Crippen LogP contribution in [0.15, 0.2) is 40.8 Å². The van der Waals surface area contributed by atoms with Crippen LogP contribution in [0, 0.1) is 11.8 Å². The largest absolute Gasteiger partial charge is 0.465 e. The number of aliphatic imine (C=N–C) groups is 1. The molecule has 1 saturated heterocycles. The van der Waals surface area contributed by atoms with Crippen LogP contribution in [-0.4, -0.2) is 61.7 Å². The van der Waals surface area contributed by atoms with Crippen molar-refractivity contribution in [3.63, 3.8) is 0 Å². The fourth-order valence-electron chi connectivity index (χ4n) is 4.91. The van der Waals surface area contributed by atoms with Gasteiger partial charge in [0.2, 0.25) is 15.9 Å². The van der Waals surface area contributed by atoms with E-state index in [-0.39, 0.29) is 5.91 Å². The zero-order valence-electron chi connectivity index (χ0n) is 22.1. The van der Waals surface area contributed by atoms with Crippen LogP contribution in [0.4, 0.5) is 0 Å². The molecule has 3 aliphatic rings. The van der Waals surface area contributed by atoms with Gasteiger partial charge in [-0.2, -0.15) is 4.31 Å². The summed E-state index contributed by atoms with van der Waals surface area (Å²) in [5, 5.41) is 5.86. The smallest absolute Gasteiger partial charge is 0.292 e. The Morgan fingerprint density at radius 3 is 2.70 bits per heavy atom. The molecule has 2 fully saturated rings. The Morgan fingerprint density at radius 2 is 2.03 bits per heavy atom. The molecule has 0 bridgehead atoms. The predicted octanol–water partition coefficient (Wildman–Crippen LogP) is 2.05. The number of sulfonamides is 1. The minimum Gasteiger partial charge on any atom is -0.465 e. The third kappa shape index (κ3) is 7.03. The van der Waals surface area contributed by atoms with Crippen LogP contribution in [-0.2, 0) is 32.6 Å². The lowest BCUT2D eigenvalue weighted by Gasteiger charge is -2.37. The molecule has 1 aromatic rings. The molecular formula is C26H40N6O4S. The van der Waals surface area contributed by atoms with E-state index in [1.807, 2.05) is 24.3 Å². The molecule has 2 aliphatic heterocycles. The van der Waals surface area contributed by atoms with Crippen molar-refractivity contribution in [2.45, 2.75) is 65.2 Å². The van der Waals surface area contributed by atoms with Gasteiger partial charge in [-0.25, -0.2) is 13.4 Å². The van der Waals surface area contributed by atoms with Crippen molar-refractivity contribution in [1.29, 1.82) is 0 Å². The van der Waals surface area contributed by atoms with Gasteiger partial charge in [-0.1, -0.05) is 51.0 Å². The van der Waals surface area contributed by atoms with Crippen molar-refractivity contribution in [1.82, 2.24) is 19.8 Å². The highest BCUT2D eigenvalue weighted by molar-refractivity contribution is 7.88. The maximum atomic E-state index is 12.5. The molecule has 1 aliphatic carbocycles. The lowest BCUT2D eigenvalue weighted by atomic mass is 9.75. The number of amides is 1. The van der Waals surface area contributed by atoms with Gasteiger partial charge in [-0.15, -0.1) is 0 Å². The predicted molar refractivity (Wildman–Crippen MR) is 143 cm³/mol. The summed E-state index contributed by atoms with van der Waals surface area (Å²) in [6, 6.07) is 8.32. The number of amidine groups is 1. The number of nitrogens with zero attached hydrogens (tertiary/aromatic N) is 3. The van der Waals surface area contributed by atoms with Crippen molar-refractivity contribution in [3.8, 4) is 0 Å². The fourth-order valence-corrected chi connectivity index (χ4v) is 5.75. The molecule has 2 heterocycles. The van der Waals surface area contributed by atoms with Crippen LogP contribution in [0.1, 0.15) is 57.1 Å². The van der Waals surface area contributed by atoms with E-state index in [4.69, 9.17) is 15.5 Å². The SMILES string of the molecule is CCCCOC1=NC2C(=C(N)N1)NC(=O)CCN2Cc1cccc(CN(CC2CCC2C)S(C)(=O)=O)c1. The Morgan fingerprint density at radius 1 is 1.24 bits per heavy atom. The van der Waals surface area contributed by atoms with E-state index >= 15 is 0 Å². The standard InChI is InChI=1S/C26H40N6O4S/c1-4-5-13-36-26-29-24(27)23-25(30-26)31(12-11-22(33)28-23)15-19-7-6-8-20(14-19)16-32(37(3,34)35)17-21-10-9-18(21)2/h6-8,14,18,21,25H,4-5,9-13,15-17,27H2,1-3H3,(H,28,33)(H,29,30). The van der Waals surface area contributed by atoms with Crippen LogP contribution in [0.2, 0.25) is 0 Å². The van der Waals surface area contributed by atoms with Gasteiger partial charge in [-0.05, 0) is 35.8 Å². The molecule has 1 aromatic carbocycles. The average Bonchev–Trinajstić information content (AvgIpc) is 2.99. The van der Waals surface area contributed by atoms with E-state index in [1.54, 1.807) is 4.31 Å². The maximum Gasteiger partial charge on any atom is 0.292 e. The Bertz CT molecular complexity index is 1150. The zero-order chi connectivity index (χ0) is 26.6. The highest BCUT2D eigenvalue weighted by Gasteiger charge is 2.34. The molecule has 37 heavy (non-hydrogen) atoms. The number of carbonyl (C=O) groups is 1. The molecule has 1 amide bonds. The lowest BCUT2D eigenvalue weighted by Crippen LogP contribution is -2.47. The normalized spacial score (nSPS) is 24.5. The molecule has 4 rings (SSSR count). The molecule has 0 spiro atoms. The van der Waals surface area contributed by atoms with E-state index in [9.17, 15) is 13.2 Å². The van der Waals surface area contributed by atoms with Gasteiger partial charge in [0.25, 0.3) is 6.02 Å². The first-order valence-corrected chi connectivity index (χ1v) is 15.0. The number of hydrogen-bond donors (Lipinski definition) is 3. The summed E-state index contributed by atoms with van der Waals surface area (Å²) >= 11 is 0. The van der Waals surface area contributed by atoms with Crippen molar-refractivity contribution >= 4 is 22.0 Å². The van der Waals surface area contributed by atoms with Gasteiger partial charge in [0, 0.05) is 32.6 Å². The third-order valence-corrected chi connectivity index (χ3v) is 8.67. The highest BCUT2D eigenvalue weighted by Crippen LogP contribution is 2.35. The number of fused-ring (bicyclic) bond motifs is 1. The Hall–Kier alpha value is -2.63. The number of unbranched alkanes of at least 4 members (excludes halogenated alkanes) is 1. The number of benzene rings is 1. The van der Waals surface area contributed by atoms with Gasteiger partial charge < -0.3 is 15.8 Å². The monoisotopic (exact) mass is 532 g/mol. The van der Waals surface area contributed by atoms with Crippen LogP contribution < -0.4 is 16.4 Å². The molecule has 0 radical (unpaired) electrons. The van der Waals surface area contributed by atoms with Gasteiger partial charge in [-0.3, -0.25) is 15.0 Å². The topological polar surface area (TPSA) is 129 Å². The number of ether oxygens (including phenoxy) is 1. The summed E-state index contributed by atoms with van der Waals surface area (Å²) in [4.78, 5) is 19.2. The minimum absolute atomic E-state index is 0.111. The van der Waals surface area contributed by atoms with Crippen LogP contribution in [0.5, 0.6) is 0 Å². The number of carbonyl (C=O) groups excluding carboxylic acids is 1. The summed E-state index contributed by atoms with van der Waals surface area (Å²) in [6.07, 6.45) is 5.26. The maximum absolute atomic E-state index is 12.5. The van der Waals surface area contributed by atoms with Crippen LogP contribution in [0.25, 0.3) is 0 Å². The number of nitrogens with one attached hydrogen (secondary N) is 2. The second-order valence-corrected chi connectivity index (χ2v) is 12.4. The Balaban J connectivity index is 1.51. The number of hydrogen-bond acceptors (Lipinski definition) is 8. The van der Waals surface area contributed by atoms with Crippen LogP contribution >= 0.6 is 0 Å².